The number of rotatable bonds is 5. The lowest BCUT2D eigenvalue weighted by molar-refractivity contribution is 0.198. The van der Waals surface area contributed by atoms with E-state index in [-0.39, 0.29) is 0 Å². The summed E-state index contributed by atoms with van der Waals surface area (Å²) in [7, 11) is 1.97. The van der Waals surface area contributed by atoms with Crippen molar-refractivity contribution < 1.29 is 0 Å². The van der Waals surface area contributed by atoms with Crippen molar-refractivity contribution in [2.45, 2.75) is 32.2 Å². The molecule has 7 heteroatoms. The Morgan fingerprint density at radius 1 is 1.31 bits per heavy atom. The zero-order valence-corrected chi connectivity index (χ0v) is 16.0. The van der Waals surface area contributed by atoms with Crippen LogP contribution in [0.1, 0.15) is 34.9 Å². The molecule has 136 valence electrons. The number of likely N-dealkylation sites (tertiary alicyclic amines) is 1. The minimum atomic E-state index is 0.472. The van der Waals surface area contributed by atoms with Crippen LogP contribution in [-0.2, 0) is 13.6 Å². The molecule has 0 aromatic carbocycles. The minimum absolute atomic E-state index is 0.472. The lowest BCUT2D eigenvalue weighted by Gasteiger charge is -2.32. The first-order chi connectivity index (χ1) is 12.7. The average molecular weight is 369 g/mol. The molecular weight excluding hydrogens is 344 g/mol. The minimum Gasteiger partial charge on any atom is -0.316 e. The maximum Gasteiger partial charge on any atom is 0.188 e. The van der Waals surface area contributed by atoms with Gasteiger partial charge in [-0.1, -0.05) is 6.07 Å². The van der Waals surface area contributed by atoms with Crippen LogP contribution in [0.2, 0.25) is 0 Å². The van der Waals surface area contributed by atoms with E-state index in [9.17, 15) is 0 Å². The van der Waals surface area contributed by atoms with Crippen molar-refractivity contribution in [2.75, 3.05) is 18.4 Å². The van der Waals surface area contributed by atoms with Crippen LogP contribution in [0.25, 0.3) is 0 Å². The van der Waals surface area contributed by atoms with Crippen LogP contribution in [0, 0.1) is 6.92 Å². The average Bonchev–Trinajstić information content (AvgIpc) is 3.23. The van der Waals surface area contributed by atoms with Crippen molar-refractivity contribution in [3.63, 3.8) is 0 Å². The highest BCUT2D eigenvalue weighted by atomic mass is 32.1. The number of thiazole rings is 1. The molecule has 0 aliphatic carbocycles. The summed E-state index contributed by atoms with van der Waals surface area (Å²) in [6.07, 6.45) is 8.34. The van der Waals surface area contributed by atoms with E-state index in [0.29, 0.717) is 5.92 Å². The molecule has 1 N–H and O–H groups in total. The van der Waals surface area contributed by atoms with E-state index in [1.54, 1.807) is 11.3 Å². The lowest BCUT2D eigenvalue weighted by atomic mass is 9.94. The molecule has 26 heavy (non-hydrogen) atoms. The SMILES string of the molecule is Cc1cnc(Nc2cccc(C3CCCN(Cc4cnn(C)c4)C3)n2)s1. The number of nitrogens with zero attached hydrogens (tertiary/aromatic N) is 5. The Kier molecular flexibility index (Phi) is 4.99. The van der Waals surface area contributed by atoms with Crippen LogP contribution in [-0.4, -0.2) is 37.7 Å². The van der Waals surface area contributed by atoms with Crippen molar-refractivity contribution in [3.05, 3.63) is 52.9 Å². The molecule has 1 aliphatic heterocycles. The van der Waals surface area contributed by atoms with E-state index in [1.807, 2.05) is 30.2 Å². The Morgan fingerprint density at radius 3 is 3.00 bits per heavy atom. The van der Waals surface area contributed by atoms with Crippen LogP contribution >= 0.6 is 11.3 Å². The number of anilines is 2. The predicted octanol–water partition coefficient (Wildman–Crippen LogP) is 3.70. The molecule has 0 amide bonds. The quantitative estimate of drug-likeness (QED) is 0.744. The van der Waals surface area contributed by atoms with Crippen molar-refractivity contribution in [3.8, 4) is 0 Å². The molecule has 4 rings (SSSR count). The molecule has 1 unspecified atom stereocenters. The molecule has 0 radical (unpaired) electrons. The summed E-state index contributed by atoms with van der Waals surface area (Å²) >= 11 is 1.65. The summed E-state index contributed by atoms with van der Waals surface area (Å²) in [6, 6.07) is 6.25. The number of aromatic nitrogens is 4. The van der Waals surface area contributed by atoms with Crippen molar-refractivity contribution in [2.24, 2.45) is 7.05 Å². The number of hydrogen-bond donors (Lipinski definition) is 1. The van der Waals surface area contributed by atoms with E-state index < -0.39 is 0 Å². The fraction of sp³-hybridized carbons (Fsp3) is 0.421. The predicted molar refractivity (Wildman–Crippen MR) is 105 cm³/mol. The summed E-state index contributed by atoms with van der Waals surface area (Å²) in [4.78, 5) is 12.9. The number of hydrogen-bond acceptors (Lipinski definition) is 6. The maximum absolute atomic E-state index is 4.86. The van der Waals surface area contributed by atoms with Crippen LogP contribution in [0.3, 0.4) is 0 Å². The highest BCUT2D eigenvalue weighted by Gasteiger charge is 2.23. The van der Waals surface area contributed by atoms with E-state index in [1.165, 1.54) is 29.0 Å². The monoisotopic (exact) mass is 368 g/mol. The summed E-state index contributed by atoms with van der Waals surface area (Å²) < 4.78 is 1.87. The second-order valence-corrected chi connectivity index (χ2v) is 8.18. The Hall–Kier alpha value is -2.25. The van der Waals surface area contributed by atoms with Crippen molar-refractivity contribution in [1.82, 2.24) is 24.6 Å². The van der Waals surface area contributed by atoms with Crippen LogP contribution < -0.4 is 5.32 Å². The van der Waals surface area contributed by atoms with E-state index >= 15 is 0 Å². The van der Waals surface area contributed by atoms with Gasteiger partial charge >= 0.3 is 0 Å². The van der Waals surface area contributed by atoms with Crippen LogP contribution in [0.15, 0.2) is 36.8 Å². The van der Waals surface area contributed by atoms with Crippen molar-refractivity contribution >= 4 is 22.3 Å². The van der Waals surface area contributed by atoms with Gasteiger partial charge in [0.2, 0.25) is 0 Å². The summed E-state index contributed by atoms with van der Waals surface area (Å²) in [6.45, 7) is 5.20. The van der Waals surface area contributed by atoms with Gasteiger partial charge < -0.3 is 5.32 Å². The fourth-order valence-electron chi connectivity index (χ4n) is 3.52. The molecule has 1 saturated heterocycles. The Morgan fingerprint density at radius 2 is 2.23 bits per heavy atom. The third kappa shape index (κ3) is 4.11. The summed E-state index contributed by atoms with van der Waals surface area (Å²) in [5.74, 6) is 1.35. The van der Waals surface area contributed by atoms with Gasteiger partial charge in [-0.2, -0.15) is 5.10 Å². The fourth-order valence-corrected chi connectivity index (χ4v) is 4.19. The van der Waals surface area contributed by atoms with Gasteiger partial charge in [0, 0.05) is 54.6 Å². The number of aryl methyl sites for hydroxylation is 2. The molecule has 0 bridgehead atoms. The van der Waals surface area contributed by atoms with Gasteiger partial charge in [-0.25, -0.2) is 9.97 Å². The third-order valence-electron chi connectivity index (χ3n) is 4.72. The van der Waals surface area contributed by atoms with Gasteiger partial charge in [0.1, 0.15) is 5.82 Å². The standard InChI is InChI=1S/C19H24N6S/c1-14-9-20-19(26-14)23-18-7-3-6-17(22-18)16-5-4-8-25(13-16)12-15-10-21-24(2)11-15/h3,6-7,9-11,16H,4-5,8,12-13H2,1-2H3,(H,20,22,23). The molecule has 3 aromatic rings. The molecule has 1 fully saturated rings. The van der Waals surface area contributed by atoms with Crippen LogP contribution in [0.4, 0.5) is 10.9 Å². The molecule has 0 saturated carbocycles. The highest BCUT2D eigenvalue weighted by Crippen LogP contribution is 2.28. The second-order valence-electron chi connectivity index (χ2n) is 6.95. The maximum atomic E-state index is 4.86. The van der Waals surface area contributed by atoms with Gasteiger partial charge in [-0.05, 0) is 38.4 Å². The topological polar surface area (TPSA) is 58.9 Å². The summed E-state index contributed by atoms with van der Waals surface area (Å²) in [5, 5.41) is 8.50. The van der Waals surface area contributed by atoms with Gasteiger partial charge in [-0.15, -0.1) is 11.3 Å². The molecule has 6 nitrogen and oxygen atoms in total. The molecule has 0 spiro atoms. The molecular formula is C19H24N6S. The van der Waals surface area contributed by atoms with Gasteiger partial charge in [0.15, 0.2) is 5.13 Å². The zero-order chi connectivity index (χ0) is 17.9. The normalized spacial score (nSPS) is 18.2. The highest BCUT2D eigenvalue weighted by molar-refractivity contribution is 7.15. The van der Waals surface area contributed by atoms with Gasteiger partial charge in [-0.3, -0.25) is 9.58 Å². The number of piperidine rings is 1. The Labute approximate surface area is 157 Å². The first-order valence-corrected chi connectivity index (χ1v) is 9.83. The Bertz CT molecular complexity index is 870. The molecule has 1 atom stereocenters. The number of nitrogens with one attached hydrogen (secondary N) is 1. The smallest absolute Gasteiger partial charge is 0.188 e. The third-order valence-corrected chi connectivity index (χ3v) is 5.54. The number of pyridine rings is 1. The lowest BCUT2D eigenvalue weighted by Crippen LogP contribution is -2.34. The Balaban J connectivity index is 1.43. The van der Waals surface area contributed by atoms with Crippen molar-refractivity contribution in [1.29, 1.82) is 0 Å². The summed E-state index contributed by atoms with van der Waals surface area (Å²) in [5.41, 5.74) is 2.44. The van der Waals surface area contributed by atoms with E-state index in [2.05, 4.69) is 45.6 Å². The second kappa shape index (κ2) is 7.55. The van der Waals surface area contributed by atoms with Gasteiger partial charge in [0.05, 0.1) is 6.20 Å². The molecule has 4 heterocycles. The molecule has 3 aromatic heterocycles. The van der Waals surface area contributed by atoms with Gasteiger partial charge in [0.25, 0.3) is 0 Å². The largest absolute Gasteiger partial charge is 0.316 e. The van der Waals surface area contributed by atoms with E-state index in [4.69, 9.17) is 4.98 Å². The first-order valence-electron chi connectivity index (χ1n) is 9.02. The zero-order valence-electron chi connectivity index (χ0n) is 15.2. The van der Waals surface area contributed by atoms with E-state index in [0.717, 1.165) is 30.6 Å². The first kappa shape index (κ1) is 17.2. The molecule has 1 aliphatic rings. The van der Waals surface area contributed by atoms with Crippen LogP contribution in [0.5, 0.6) is 0 Å².